The van der Waals surface area contributed by atoms with Crippen LogP contribution in [0.5, 0.6) is 0 Å². The second kappa shape index (κ2) is 5.48. The van der Waals surface area contributed by atoms with Crippen LogP contribution in [0.4, 0.5) is 5.69 Å². The Labute approximate surface area is 108 Å². The standard InChI is InChI=1S/C14H20N2O2/c1-11-9-15(10-12(11)2)7-6-13-4-3-5-14(8-13)16(17)18/h3-5,8,11-12H,6-7,9-10H2,1-2H3. The van der Waals surface area contributed by atoms with Gasteiger partial charge in [0.2, 0.25) is 0 Å². The Hall–Kier alpha value is -1.42. The molecule has 2 unspecified atom stereocenters. The van der Waals surface area contributed by atoms with E-state index >= 15 is 0 Å². The van der Waals surface area contributed by atoms with Crippen molar-refractivity contribution in [1.82, 2.24) is 4.90 Å². The molecule has 1 aromatic rings. The van der Waals surface area contributed by atoms with Crippen molar-refractivity contribution in [3.05, 3.63) is 39.9 Å². The number of hydrogen-bond acceptors (Lipinski definition) is 3. The first kappa shape index (κ1) is 13.0. The molecule has 0 bridgehead atoms. The van der Waals surface area contributed by atoms with Gasteiger partial charge in [0.15, 0.2) is 0 Å². The number of non-ortho nitro benzene ring substituents is 1. The van der Waals surface area contributed by atoms with Gasteiger partial charge in [0.25, 0.3) is 5.69 Å². The first-order valence-corrected chi connectivity index (χ1v) is 6.52. The van der Waals surface area contributed by atoms with Crippen molar-refractivity contribution in [3.8, 4) is 0 Å². The smallest absolute Gasteiger partial charge is 0.269 e. The summed E-state index contributed by atoms with van der Waals surface area (Å²) in [7, 11) is 0. The highest BCUT2D eigenvalue weighted by Gasteiger charge is 2.25. The molecule has 0 aromatic heterocycles. The second-order valence-corrected chi connectivity index (χ2v) is 5.39. The third-order valence-corrected chi connectivity index (χ3v) is 3.90. The minimum absolute atomic E-state index is 0.190. The predicted molar refractivity (Wildman–Crippen MR) is 71.6 cm³/mol. The topological polar surface area (TPSA) is 46.4 Å². The Morgan fingerprint density at radius 1 is 1.33 bits per heavy atom. The molecule has 0 radical (unpaired) electrons. The molecule has 0 N–H and O–H groups in total. The highest BCUT2D eigenvalue weighted by molar-refractivity contribution is 5.34. The minimum atomic E-state index is -0.330. The first-order valence-electron chi connectivity index (χ1n) is 6.52. The van der Waals surface area contributed by atoms with Crippen molar-refractivity contribution >= 4 is 5.69 Å². The van der Waals surface area contributed by atoms with Crippen LogP contribution in [-0.4, -0.2) is 29.5 Å². The molecular formula is C14H20N2O2. The number of nitro groups is 1. The summed E-state index contributed by atoms with van der Waals surface area (Å²) in [5.41, 5.74) is 1.24. The van der Waals surface area contributed by atoms with E-state index in [2.05, 4.69) is 18.7 Å². The molecule has 98 valence electrons. The fourth-order valence-electron chi connectivity index (χ4n) is 2.54. The van der Waals surface area contributed by atoms with Gasteiger partial charge in [-0.3, -0.25) is 10.1 Å². The number of hydrogen-bond donors (Lipinski definition) is 0. The number of benzene rings is 1. The molecule has 4 heteroatoms. The van der Waals surface area contributed by atoms with Crippen LogP contribution in [0.3, 0.4) is 0 Å². The number of nitro benzene ring substituents is 1. The van der Waals surface area contributed by atoms with E-state index in [-0.39, 0.29) is 10.6 Å². The van der Waals surface area contributed by atoms with E-state index in [0.29, 0.717) is 0 Å². The molecule has 0 amide bonds. The van der Waals surface area contributed by atoms with Gasteiger partial charge < -0.3 is 4.90 Å². The van der Waals surface area contributed by atoms with Gasteiger partial charge in [0.05, 0.1) is 4.92 Å². The van der Waals surface area contributed by atoms with Gasteiger partial charge in [-0.2, -0.15) is 0 Å². The third kappa shape index (κ3) is 3.07. The van der Waals surface area contributed by atoms with E-state index in [0.717, 1.165) is 43.5 Å². The van der Waals surface area contributed by atoms with Crippen molar-refractivity contribution in [2.24, 2.45) is 11.8 Å². The van der Waals surface area contributed by atoms with Crippen LogP contribution in [0, 0.1) is 22.0 Å². The highest BCUT2D eigenvalue weighted by atomic mass is 16.6. The molecule has 1 saturated heterocycles. The lowest BCUT2D eigenvalue weighted by atomic mass is 10.0. The van der Waals surface area contributed by atoms with Gasteiger partial charge in [-0.05, 0) is 23.8 Å². The zero-order chi connectivity index (χ0) is 13.1. The lowest BCUT2D eigenvalue weighted by Crippen LogP contribution is -2.23. The van der Waals surface area contributed by atoms with Crippen molar-refractivity contribution < 1.29 is 4.92 Å². The maximum atomic E-state index is 10.7. The van der Waals surface area contributed by atoms with Crippen molar-refractivity contribution in [2.75, 3.05) is 19.6 Å². The van der Waals surface area contributed by atoms with E-state index in [1.54, 1.807) is 18.2 Å². The molecule has 1 aliphatic rings. The maximum Gasteiger partial charge on any atom is 0.269 e. The first-order chi connectivity index (χ1) is 8.56. The van der Waals surface area contributed by atoms with Crippen molar-refractivity contribution in [3.63, 3.8) is 0 Å². The number of likely N-dealkylation sites (tertiary alicyclic amines) is 1. The minimum Gasteiger partial charge on any atom is -0.302 e. The Morgan fingerprint density at radius 3 is 2.61 bits per heavy atom. The van der Waals surface area contributed by atoms with Crippen molar-refractivity contribution in [1.29, 1.82) is 0 Å². The molecule has 0 aliphatic carbocycles. The summed E-state index contributed by atoms with van der Waals surface area (Å²) in [6.07, 6.45) is 0.890. The summed E-state index contributed by atoms with van der Waals surface area (Å²) in [5.74, 6) is 1.52. The molecule has 4 nitrogen and oxygen atoms in total. The monoisotopic (exact) mass is 248 g/mol. The fourth-order valence-corrected chi connectivity index (χ4v) is 2.54. The summed E-state index contributed by atoms with van der Waals surface area (Å²) in [5, 5.41) is 10.7. The SMILES string of the molecule is CC1CN(CCc2cccc([N+](=O)[O-])c2)CC1C. The second-order valence-electron chi connectivity index (χ2n) is 5.39. The molecule has 18 heavy (non-hydrogen) atoms. The van der Waals surface area contributed by atoms with Crippen molar-refractivity contribution in [2.45, 2.75) is 20.3 Å². The Morgan fingerprint density at radius 2 is 2.00 bits per heavy atom. The van der Waals surface area contributed by atoms with Crippen LogP contribution < -0.4 is 0 Å². The van der Waals surface area contributed by atoms with Gasteiger partial charge >= 0.3 is 0 Å². The average molecular weight is 248 g/mol. The van der Waals surface area contributed by atoms with Crippen LogP contribution in [0.25, 0.3) is 0 Å². The lowest BCUT2D eigenvalue weighted by molar-refractivity contribution is -0.384. The van der Waals surface area contributed by atoms with E-state index in [1.165, 1.54) is 0 Å². The normalized spacial score (nSPS) is 24.3. The highest BCUT2D eigenvalue weighted by Crippen LogP contribution is 2.22. The zero-order valence-electron chi connectivity index (χ0n) is 11.0. The maximum absolute atomic E-state index is 10.7. The number of nitrogens with zero attached hydrogens (tertiary/aromatic N) is 2. The molecule has 2 rings (SSSR count). The van der Waals surface area contributed by atoms with E-state index in [9.17, 15) is 10.1 Å². The van der Waals surface area contributed by atoms with Gasteiger partial charge in [0, 0.05) is 31.8 Å². The summed E-state index contributed by atoms with van der Waals surface area (Å²) in [4.78, 5) is 12.8. The quantitative estimate of drug-likeness (QED) is 0.608. The molecular weight excluding hydrogens is 228 g/mol. The summed E-state index contributed by atoms with van der Waals surface area (Å²) in [6.45, 7) is 7.87. The van der Waals surface area contributed by atoms with Gasteiger partial charge in [0.1, 0.15) is 0 Å². The summed E-state index contributed by atoms with van der Waals surface area (Å²) in [6, 6.07) is 6.96. The zero-order valence-corrected chi connectivity index (χ0v) is 11.0. The molecule has 0 spiro atoms. The van der Waals surface area contributed by atoms with E-state index < -0.39 is 0 Å². The van der Waals surface area contributed by atoms with Gasteiger partial charge in [-0.1, -0.05) is 26.0 Å². The Balaban J connectivity index is 1.91. The molecule has 1 aromatic carbocycles. The van der Waals surface area contributed by atoms with Crippen LogP contribution in [0.15, 0.2) is 24.3 Å². The van der Waals surface area contributed by atoms with Crippen LogP contribution in [0.2, 0.25) is 0 Å². The summed E-state index contributed by atoms with van der Waals surface area (Å²) >= 11 is 0. The number of rotatable bonds is 4. The van der Waals surface area contributed by atoms with Crippen LogP contribution >= 0.6 is 0 Å². The fraction of sp³-hybridized carbons (Fsp3) is 0.571. The van der Waals surface area contributed by atoms with Gasteiger partial charge in [-0.15, -0.1) is 0 Å². The van der Waals surface area contributed by atoms with E-state index in [4.69, 9.17) is 0 Å². The van der Waals surface area contributed by atoms with Crippen LogP contribution in [-0.2, 0) is 6.42 Å². The Kier molecular flexibility index (Phi) is 3.97. The van der Waals surface area contributed by atoms with E-state index in [1.807, 2.05) is 6.07 Å². The third-order valence-electron chi connectivity index (χ3n) is 3.90. The average Bonchev–Trinajstić information content (AvgIpc) is 2.67. The molecule has 1 fully saturated rings. The molecule has 1 heterocycles. The largest absolute Gasteiger partial charge is 0.302 e. The molecule has 0 saturated carbocycles. The van der Waals surface area contributed by atoms with Gasteiger partial charge in [-0.25, -0.2) is 0 Å². The lowest BCUT2D eigenvalue weighted by Gasteiger charge is -2.14. The molecule has 1 aliphatic heterocycles. The summed E-state index contributed by atoms with van der Waals surface area (Å²) < 4.78 is 0. The Bertz CT molecular complexity index is 424. The van der Waals surface area contributed by atoms with Crippen LogP contribution in [0.1, 0.15) is 19.4 Å². The molecule has 2 atom stereocenters. The predicted octanol–water partition coefficient (Wildman–Crippen LogP) is 2.73.